The molecular weight excluding hydrogens is 290 g/mol. The molecule has 0 saturated carbocycles. The Morgan fingerprint density at radius 1 is 1.38 bits per heavy atom. The molecule has 0 aliphatic heterocycles. The van der Waals surface area contributed by atoms with Crippen LogP contribution in [0.15, 0.2) is 16.9 Å². The van der Waals surface area contributed by atoms with E-state index in [1.807, 2.05) is 4.57 Å². The quantitative estimate of drug-likeness (QED) is 0.786. The van der Waals surface area contributed by atoms with Crippen LogP contribution in [0, 0.1) is 4.77 Å². The summed E-state index contributed by atoms with van der Waals surface area (Å²) in [4.78, 5) is 11.8. The van der Waals surface area contributed by atoms with Gasteiger partial charge in [-0.25, -0.2) is 4.68 Å². The van der Waals surface area contributed by atoms with Crippen LogP contribution in [0.3, 0.4) is 0 Å². The Balaban J connectivity index is 2.38. The summed E-state index contributed by atoms with van der Waals surface area (Å²) in [5.74, 6) is 0.613. The highest BCUT2D eigenvalue weighted by molar-refractivity contribution is 7.71. The van der Waals surface area contributed by atoms with Crippen LogP contribution in [0.1, 0.15) is 19.8 Å². The zero-order chi connectivity index (χ0) is 15.2. The van der Waals surface area contributed by atoms with Crippen molar-refractivity contribution >= 4 is 12.2 Å². The molecule has 0 amide bonds. The Bertz CT molecular complexity index is 703. The lowest BCUT2D eigenvalue weighted by Gasteiger charge is -2.08. The first-order valence-corrected chi connectivity index (χ1v) is 7.31. The van der Waals surface area contributed by atoms with E-state index in [-0.39, 0.29) is 5.56 Å². The fraction of sp³-hybridized carbons (Fsp3) is 0.538. The summed E-state index contributed by atoms with van der Waals surface area (Å²) in [6.07, 6.45) is 1.91. The molecule has 0 aliphatic rings. The number of aromatic amines is 1. The third-order valence-electron chi connectivity index (χ3n) is 3.10. The molecule has 0 unspecified atom stereocenters. The summed E-state index contributed by atoms with van der Waals surface area (Å²) < 4.78 is 8.87. The molecule has 0 atom stereocenters. The summed E-state index contributed by atoms with van der Waals surface area (Å²) in [7, 11) is 1.63. The number of nitrogens with one attached hydrogen (secondary N) is 1. The largest absolute Gasteiger partial charge is 0.383 e. The van der Waals surface area contributed by atoms with E-state index in [1.54, 1.807) is 13.2 Å². The molecule has 0 aliphatic carbocycles. The average molecular weight is 309 g/mol. The van der Waals surface area contributed by atoms with Crippen LogP contribution >= 0.6 is 12.2 Å². The van der Waals surface area contributed by atoms with Crippen molar-refractivity contribution in [3.05, 3.63) is 27.3 Å². The van der Waals surface area contributed by atoms with Crippen LogP contribution in [0.5, 0.6) is 0 Å². The standard InChI is InChI=1S/C13H19N5O2S/c1-3-4-7-18-11(19)6-5-10(16-18)12-14-15-13(21)17(12)8-9-20-2/h5-6H,3-4,7-9H2,1-2H3,(H,15,21). The Morgan fingerprint density at radius 2 is 2.19 bits per heavy atom. The number of ether oxygens (including phenoxy) is 1. The number of methoxy groups -OCH3 is 1. The molecule has 2 heterocycles. The second-order valence-corrected chi connectivity index (χ2v) is 5.02. The molecule has 7 nitrogen and oxygen atoms in total. The fourth-order valence-electron chi connectivity index (χ4n) is 1.94. The van der Waals surface area contributed by atoms with Crippen LogP contribution in [-0.2, 0) is 17.8 Å². The minimum Gasteiger partial charge on any atom is -0.383 e. The van der Waals surface area contributed by atoms with Gasteiger partial charge in [0.2, 0.25) is 0 Å². The Hall–Kier alpha value is -1.80. The van der Waals surface area contributed by atoms with Crippen molar-refractivity contribution in [2.75, 3.05) is 13.7 Å². The van der Waals surface area contributed by atoms with Gasteiger partial charge >= 0.3 is 0 Å². The summed E-state index contributed by atoms with van der Waals surface area (Å²) in [5.41, 5.74) is 0.513. The van der Waals surface area contributed by atoms with Crippen LogP contribution in [0.4, 0.5) is 0 Å². The molecule has 21 heavy (non-hydrogen) atoms. The van der Waals surface area contributed by atoms with Gasteiger partial charge in [-0.3, -0.25) is 14.5 Å². The molecular formula is C13H19N5O2S. The molecule has 2 aromatic heterocycles. The van der Waals surface area contributed by atoms with Gasteiger partial charge in [0.15, 0.2) is 10.6 Å². The summed E-state index contributed by atoms with van der Waals surface area (Å²) in [5, 5.41) is 11.3. The van der Waals surface area contributed by atoms with E-state index in [1.165, 1.54) is 10.7 Å². The highest BCUT2D eigenvalue weighted by Gasteiger charge is 2.11. The minimum absolute atomic E-state index is 0.107. The number of unbranched alkanes of at least 4 members (excludes halogenated alkanes) is 1. The second-order valence-electron chi connectivity index (χ2n) is 4.63. The molecule has 0 fully saturated rings. The fourth-order valence-corrected chi connectivity index (χ4v) is 2.16. The van der Waals surface area contributed by atoms with Crippen LogP contribution < -0.4 is 5.56 Å². The first-order valence-electron chi connectivity index (χ1n) is 6.90. The molecule has 0 saturated heterocycles. The van der Waals surface area contributed by atoms with Crippen molar-refractivity contribution < 1.29 is 4.74 Å². The van der Waals surface area contributed by atoms with Crippen molar-refractivity contribution in [1.29, 1.82) is 0 Å². The molecule has 0 radical (unpaired) electrons. The van der Waals surface area contributed by atoms with E-state index in [0.717, 1.165) is 12.8 Å². The number of hydrogen-bond donors (Lipinski definition) is 1. The van der Waals surface area contributed by atoms with E-state index in [9.17, 15) is 4.79 Å². The number of aromatic nitrogens is 5. The monoisotopic (exact) mass is 309 g/mol. The van der Waals surface area contributed by atoms with E-state index >= 15 is 0 Å². The zero-order valence-electron chi connectivity index (χ0n) is 12.2. The van der Waals surface area contributed by atoms with Gasteiger partial charge in [0.25, 0.3) is 5.56 Å². The van der Waals surface area contributed by atoms with E-state index in [4.69, 9.17) is 17.0 Å². The first-order chi connectivity index (χ1) is 10.2. The maximum atomic E-state index is 11.8. The molecule has 1 N–H and O–H groups in total. The van der Waals surface area contributed by atoms with Gasteiger partial charge < -0.3 is 4.74 Å². The van der Waals surface area contributed by atoms with Gasteiger partial charge in [-0.05, 0) is 24.7 Å². The van der Waals surface area contributed by atoms with Crippen molar-refractivity contribution in [3.63, 3.8) is 0 Å². The summed E-state index contributed by atoms with van der Waals surface area (Å²) in [6, 6.07) is 3.18. The van der Waals surface area contributed by atoms with Crippen molar-refractivity contribution in [2.24, 2.45) is 0 Å². The van der Waals surface area contributed by atoms with Crippen LogP contribution in [0.25, 0.3) is 11.5 Å². The zero-order valence-corrected chi connectivity index (χ0v) is 13.0. The van der Waals surface area contributed by atoms with Gasteiger partial charge in [-0.1, -0.05) is 13.3 Å². The number of aryl methyl sites for hydroxylation is 1. The minimum atomic E-state index is -0.107. The third-order valence-corrected chi connectivity index (χ3v) is 3.41. The summed E-state index contributed by atoms with van der Waals surface area (Å²) >= 11 is 5.21. The SMILES string of the molecule is CCCCn1nc(-c2n[nH]c(=S)n2CCOC)ccc1=O. The molecule has 2 rings (SSSR count). The maximum Gasteiger partial charge on any atom is 0.266 e. The summed E-state index contributed by atoms with van der Waals surface area (Å²) in [6.45, 7) is 3.78. The van der Waals surface area contributed by atoms with Crippen molar-refractivity contribution in [2.45, 2.75) is 32.9 Å². The normalized spacial score (nSPS) is 11.0. The van der Waals surface area contributed by atoms with Crippen molar-refractivity contribution in [1.82, 2.24) is 24.5 Å². The highest BCUT2D eigenvalue weighted by atomic mass is 32.1. The maximum absolute atomic E-state index is 11.8. The number of nitrogens with zero attached hydrogens (tertiary/aromatic N) is 4. The van der Waals surface area contributed by atoms with Gasteiger partial charge in [0.1, 0.15) is 5.69 Å². The lowest BCUT2D eigenvalue weighted by Crippen LogP contribution is -2.22. The highest BCUT2D eigenvalue weighted by Crippen LogP contribution is 2.13. The Morgan fingerprint density at radius 3 is 2.90 bits per heavy atom. The number of H-pyrrole nitrogens is 1. The number of rotatable bonds is 7. The van der Waals surface area contributed by atoms with Gasteiger partial charge in [-0.15, -0.1) is 0 Å². The van der Waals surface area contributed by atoms with Crippen LogP contribution in [-0.4, -0.2) is 38.3 Å². The van der Waals surface area contributed by atoms with Crippen LogP contribution in [0.2, 0.25) is 0 Å². The van der Waals surface area contributed by atoms with Crippen molar-refractivity contribution in [3.8, 4) is 11.5 Å². The smallest absolute Gasteiger partial charge is 0.266 e. The second kappa shape index (κ2) is 7.28. The Labute approximate surface area is 127 Å². The lowest BCUT2D eigenvalue weighted by atomic mass is 10.3. The van der Waals surface area contributed by atoms with Gasteiger partial charge in [0, 0.05) is 19.7 Å². The predicted octanol–water partition coefficient (Wildman–Crippen LogP) is 1.61. The topological polar surface area (TPSA) is 77.7 Å². The molecule has 2 aromatic rings. The molecule has 0 bridgehead atoms. The molecule has 8 heteroatoms. The number of hydrogen-bond acceptors (Lipinski definition) is 5. The molecule has 114 valence electrons. The predicted molar refractivity (Wildman–Crippen MR) is 81.7 cm³/mol. The third kappa shape index (κ3) is 3.64. The van der Waals surface area contributed by atoms with E-state index in [2.05, 4.69) is 22.2 Å². The van der Waals surface area contributed by atoms with E-state index in [0.29, 0.717) is 36.0 Å². The lowest BCUT2D eigenvalue weighted by molar-refractivity contribution is 0.187. The molecule has 0 spiro atoms. The first kappa shape index (κ1) is 15.6. The van der Waals surface area contributed by atoms with Gasteiger partial charge in [-0.2, -0.15) is 10.2 Å². The van der Waals surface area contributed by atoms with E-state index < -0.39 is 0 Å². The molecule has 0 aromatic carbocycles. The average Bonchev–Trinajstić information content (AvgIpc) is 2.85. The van der Waals surface area contributed by atoms with Gasteiger partial charge in [0.05, 0.1) is 13.2 Å². The Kier molecular flexibility index (Phi) is 5.40.